The van der Waals surface area contributed by atoms with Crippen molar-refractivity contribution >= 4 is 23.2 Å². The topological polar surface area (TPSA) is 96.0 Å². The van der Waals surface area contributed by atoms with Crippen molar-refractivity contribution < 1.29 is 23.9 Å². The molecule has 1 aliphatic carbocycles. The summed E-state index contributed by atoms with van der Waals surface area (Å²) in [5.74, 6) is 2.25. The second kappa shape index (κ2) is 15.1. The fourth-order valence-electron chi connectivity index (χ4n) is 4.36. The molecule has 1 saturated heterocycles. The maximum absolute atomic E-state index is 13.7. The van der Waals surface area contributed by atoms with Crippen LogP contribution in [0, 0.1) is 11.8 Å². The molecule has 3 N–H and O–H groups in total. The van der Waals surface area contributed by atoms with Crippen molar-refractivity contribution in [1.29, 1.82) is 0 Å². The number of aromatic nitrogens is 1. The number of halogens is 1. The average Bonchev–Trinajstić information content (AvgIpc) is 3.69. The Balaban J connectivity index is 0.000000886. The number of fused-ring (bicyclic) bond motifs is 1. The van der Waals surface area contributed by atoms with Gasteiger partial charge in [0.2, 0.25) is 0 Å². The highest BCUT2D eigenvalue weighted by atomic mass is 19.1. The molecule has 1 aromatic heterocycles. The van der Waals surface area contributed by atoms with E-state index in [1.54, 1.807) is 6.08 Å². The summed E-state index contributed by atoms with van der Waals surface area (Å²) >= 11 is 0. The largest absolute Gasteiger partial charge is 0.490 e. The number of ether oxygens (including phenoxy) is 2. The quantitative estimate of drug-likeness (QED) is 0.171. The summed E-state index contributed by atoms with van der Waals surface area (Å²) in [7, 11) is 1.31. The van der Waals surface area contributed by atoms with Crippen LogP contribution >= 0.6 is 0 Å². The molecular weight excluding hydrogens is 475 g/mol. The maximum Gasteiger partial charge on any atom is 0.292 e. The van der Waals surface area contributed by atoms with E-state index in [-0.39, 0.29) is 6.61 Å². The molecule has 0 amide bonds. The molecular formula is C28H37FN4O4. The van der Waals surface area contributed by atoms with Crippen LogP contribution in [0.4, 0.5) is 10.2 Å². The molecule has 8 nitrogen and oxygen atoms in total. The first-order valence-corrected chi connectivity index (χ1v) is 12.5. The van der Waals surface area contributed by atoms with Gasteiger partial charge in [-0.3, -0.25) is 4.79 Å². The summed E-state index contributed by atoms with van der Waals surface area (Å²) in [6, 6.07) is 10.1. The van der Waals surface area contributed by atoms with Gasteiger partial charge in [0.05, 0.1) is 12.6 Å². The summed E-state index contributed by atoms with van der Waals surface area (Å²) < 4.78 is 23.5. The van der Waals surface area contributed by atoms with Gasteiger partial charge in [-0.15, -0.1) is 0 Å². The van der Waals surface area contributed by atoms with E-state index in [0.717, 1.165) is 66.9 Å². The molecule has 2 heterocycles. The molecule has 2 aliphatic rings. The lowest BCUT2D eigenvalue weighted by Gasteiger charge is -2.29. The molecule has 4 rings (SSSR count). The minimum atomic E-state index is -0.672. The van der Waals surface area contributed by atoms with Crippen molar-refractivity contribution in [3.63, 3.8) is 0 Å². The molecule has 2 aromatic rings. The van der Waals surface area contributed by atoms with Gasteiger partial charge in [0, 0.05) is 43.7 Å². The molecule has 1 saturated carbocycles. The van der Waals surface area contributed by atoms with Crippen molar-refractivity contribution in [3.8, 4) is 0 Å². The Morgan fingerprint density at radius 1 is 1.30 bits per heavy atom. The number of hydrogen-bond acceptors (Lipinski definition) is 8. The lowest BCUT2D eigenvalue weighted by Crippen LogP contribution is -2.43. The number of hydrogen-bond donors (Lipinski definition) is 3. The van der Waals surface area contributed by atoms with E-state index in [2.05, 4.69) is 33.1 Å². The number of methoxy groups -OCH3 is 1. The zero-order valence-electron chi connectivity index (χ0n) is 21.4. The fourth-order valence-corrected chi connectivity index (χ4v) is 4.36. The van der Waals surface area contributed by atoms with Gasteiger partial charge in [-0.05, 0) is 48.5 Å². The first-order valence-electron chi connectivity index (χ1n) is 12.5. The monoisotopic (exact) mass is 512 g/mol. The van der Waals surface area contributed by atoms with Crippen molar-refractivity contribution in [2.75, 3.05) is 51.4 Å². The first-order chi connectivity index (χ1) is 18.1. The number of carbonyl (C=O) groups excluding carboxylic acids is 1. The minimum Gasteiger partial charge on any atom is -0.490 e. The number of rotatable bonds is 12. The van der Waals surface area contributed by atoms with Crippen LogP contribution in [0.15, 0.2) is 66.5 Å². The van der Waals surface area contributed by atoms with Gasteiger partial charge in [-0.1, -0.05) is 36.9 Å². The molecule has 0 bridgehead atoms. The molecule has 37 heavy (non-hydrogen) atoms. The molecule has 1 aromatic carbocycles. The average molecular weight is 513 g/mol. The second-order valence-corrected chi connectivity index (χ2v) is 9.05. The summed E-state index contributed by atoms with van der Waals surface area (Å²) in [6.45, 7) is 8.17. The van der Waals surface area contributed by atoms with Crippen LogP contribution in [0.2, 0.25) is 0 Å². The van der Waals surface area contributed by atoms with Crippen LogP contribution in [0.1, 0.15) is 18.4 Å². The third-order valence-electron chi connectivity index (χ3n) is 6.54. The van der Waals surface area contributed by atoms with Crippen molar-refractivity contribution in [2.24, 2.45) is 11.8 Å². The number of anilines is 1. The highest BCUT2D eigenvalue weighted by Gasteiger charge is 2.36. The van der Waals surface area contributed by atoms with Crippen LogP contribution in [-0.2, 0) is 20.9 Å². The van der Waals surface area contributed by atoms with E-state index >= 15 is 0 Å². The molecule has 2 unspecified atom stereocenters. The number of nitrogens with one attached hydrogen (secondary N) is 2. The number of pyridine rings is 1. The smallest absolute Gasteiger partial charge is 0.292 e. The third kappa shape index (κ3) is 8.66. The molecule has 0 spiro atoms. The Bertz CT molecular complexity index is 1090. The Morgan fingerprint density at radius 2 is 2.05 bits per heavy atom. The molecule has 9 heteroatoms. The van der Waals surface area contributed by atoms with Gasteiger partial charge in [0.1, 0.15) is 24.9 Å². The zero-order valence-corrected chi connectivity index (χ0v) is 21.4. The van der Waals surface area contributed by atoms with E-state index in [0.29, 0.717) is 30.6 Å². The van der Waals surface area contributed by atoms with Crippen LogP contribution < -0.4 is 15.7 Å². The van der Waals surface area contributed by atoms with Gasteiger partial charge in [0.15, 0.2) is 0 Å². The SMILES string of the molecule is C=C/C(=C\C=C(/CF)OCc1cc(N2CCNCC2)nc2ccccc12)CC1CC1CNO.COC=O. The van der Waals surface area contributed by atoms with Gasteiger partial charge in [-0.25, -0.2) is 14.9 Å². The van der Waals surface area contributed by atoms with Crippen molar-refractivity contribution in [3.05, 3.63) is 72.0 Å². The third-order valence-corrected chi connectivity index (χ3v) is 6.54. The number of piperazine rings is 1. The van der Waals surface area contributed by atoms with Crippen molar-refractivity contribution in [1.82, 2.24) is 15.8 Å². The highest BCUT2D eigenvalue weighted by molar-refractivity contribution is 5.84. The van der Waals surface area contributed by atoms with Crippen molar-refractivity contribution in [2.45, 2.75) is 19.4 Å². The zero-order chi connectivity index (χ0) is 26.5. The lowest BCUT2D eigenvalue weighted by atomic mass is 10.1. The lowest BCUT2D eigenvalue weighted by molar-refractivity contribution is -0.126. The predicted octanol–water partition coefficient (Wildman–Crippen LogP) is 3.92. The number of para-hydroxylation sites is 1. The van der Waals surface area contributed by atoms with E-state index in [4.69, 9.17) is 19.7 Å². The Kier molecular flexibility index (Phi) is 11.5. The van der Waals surface area contributed by atoms with E-state index in [9.17, 15) is 4.39 Å². The van der Waals surface area contributed by atoms with Gasteiger partial charge < -0.3 is 24.9 Å². The summed E-state index contributed by atoms with van der Waals surface area (Å²) in [4.78, 5) is 16.1. The summed E-state index contributed by atoms with van der Waals surface area (Å²) in [6.07, 6.45) is 7.36. The Hall–Kier alpha value is -3.27. The number of alkyl halides is 1. The first kappa shape index (κ1) is 28.3. The number of hydroxylamine groups is 1. The maximum atomic E-state index is 13.7. The predicted molar refractivity (Wildman–Crippen MR) is 143 cm³/mol. The molecule has 2 fully saturated rings. The molecule has 2 atom stereocenters. The van der Waals surface area contributed by atoms with E-state index in [1.165, 1.54) is 7.11 Å². The Labute approximate surface area is 217 Å². The van der Waals surface area contributed by atoms with E-state index < -0.39 is 6.67 Å². The van der Waals surface area contributed by atoms with Gasteiger partial charge >= 0.3 is 0 Å². The van der Waals surface area contributed by atoms with Gasteiger partial charge in [-0.2, -0.15) is 0 Å². The fraction of sp³-hybridized carbons (Fsp3) is 0.429. The number of allylic oxidation sites excluding steroid dienone is 5. The van der Waals surface area contributed by atoms with Crippen LogP contribution in [0.5, 0.6) is 0 Å². The molecule has 0 radical (unpaired) electrons. The second-order valence-electron chi connectivity index (χ2n) is 9.05. The van der Waals surface area contributed by atoms with E-state index in [1.807, 2.05) is 36.4 Å². The molecule has 200 valence electrons. The van der Waals surface area contributed by atoms with Crippen LogP contribution in [0.25, 0.3) is 10.9 Å². The van der Waals surface area contributed by atoms with Crippen LogP contribution in [0.3, 0.4) is 0 Å². The number of nitrogens with zero attached hydrogens (tertiary/aromatic N) is 2. The number of benzene rings is 1. The van der Waals surface area contributed by atoms with Gasteiger partial charge in [0.25, 0.3) is 6.47 Å². The summed E-state index contributed by atoms with van der Waals surface area (Å²) in [5, 5.41) is 13.2. The number of carbonyl (C=O) groups is 1. The summed E-state index contributed by atoms with van der Waals surface area (Å²) in [5.41, 5.74) is 5.21. The normalized spacial score (nSPS) is 19.6. The highest BCUT2D eigenvalue weighted by Crippen LogP contribution is 2.42. The standard InChI is InChI=1S/C26H33FN4O2.C2H4O2/c1-2-19(13-20-14-21(20)17-29-32)7-8-23(16-27)33-18-22-15-26(31-11-9-28-10-12-31)30-25-6-4-3-5-24(22)25;1-4-2-3/h2-8,15,20-21,28-29,32H,1,9-14,16-18H2;2H,1H3/b19-7+,23-8+;. The minimum absolute atomic E-state index is 0.280. The molecule has 1 aliphatic heterocycles. The van der Waals surface area contributed by atoms with Crippen LogP contribution in [-0.4, -0.2) is 63.2 Å². The Morgan fingerprint density at radius 3 is 2.73 bits per heavy atom.